The lowest BCUT2D eigenvalue weighted by Gasteiger charge is -2.16. The minimum absolute atomic E-state index is 0.133. The van der Waals surface area contributed by atoms with E-state index in [2.05, 4.69) is 11.2 Å². The summed E-state index contributed by atoms with van der Waals surface area (Å²) in [4.78, 5) is 0. The van der Waals surface area contributed by atoms with E-state index in [0.717, 1.165) is 0 Å². The largest absolute Gasteiger partial charge is 0.489 e. The first kappa shape index (κ1) is 15.0. The number of nitriles is 1. The fourth-order valence-electron chi connectivity index (χ4n) is 1.52. The summed E-state index contributed by atoms with van der Waals surface area (Å²) in [5, 5.41) is 21.8. The Hall–Kier alpha value is -2.01. The van der Waals surface area contributed by atoms with Gasteiger partial charge in [0, 0.05) is 19.0 Å². The van der Waals surface area contributed by atoms with E-state index in [1.54, 1.807) is 24.3 Å². The minimum Gasteiger partial charge on any atom is -0.489 e. The number of hydrogen-bond acceptors (Lipinski definition) is 4. The molecule has 0 saturated heterocycles. The molecule has 0 amide bonds. The maximum absolute atomic E-state index is 9.77. The first-order valence-electron chi connectivity index (χ1n) is 6.14. The normalized spacial score (nSPS) is 13.1. The van der Waals surface area contributed by atoms with Crippen LogP contribution in [0.4, 0.5) is 0 Å². The Labute approximate surface area is 114 Å². The van der Waals surface area contributed by atoms with Crippen molar-refractivity contribution in [3.05, 3.63) is 29.8 Å². The van der Waals surface area contributed by atoms with E-state index >= 15 is 0 Å². The molecule has 0 aliphatic rings. The van der Waals surface area contributed by atoms with Gasteiger partial charge in [-0.25, -0.2) is 0 Å². The lowest BCUT2D eigenvalue weighted by atomic mass is 10.2. The molecule has 0 aliphatic heterocycles. The van der Waals surface area contributed by atoms with Crippen LogP contribution in [0.15, 0.2) is 24.3 Å². The number of nitrogens with zero attached hydrogens (tertiary/aromatic N) is 1. The van der Waals surface area contributed by atoms with E-state index in [0.29, 0.717) is 24.3 Å². The fourth-order valence-corrected chi connectivity index (χ4v) is 1.52. The Kier molecular flexibility index (Phi) is 6.46. The van der Waals surface area contributed by atoms with E-state index in [4.69, 9.17) is 16.4 Å². The maximum atomic E-state index is 9.77. The third-order valence-corrected chi connectivity index (χ3v) is 2.56. The van der Waals surface area contributed by atoms with E-state index in [1.807, 2.05) is 13.0 Å². The highest BCUT2D eigenvalue weighted by molar-refractivity contribution is 5.42. The lowest BCUT2D eigenvalue weighted by Crippen LogP contribution is -2.36. The van der Waals surface area contributed by atoms with E-state index < -0.39 is 6.10 Å². The minimum atomic E-state index is -0.646. The first-order chi connectivity index (χ1) is 9.17. The summed E-state index contributed by atoms with van der Waals surface area (Å²) < 4.78 is 5.43. The number of benzene rings is 1. The van der Waals surface area contributed by atoms with Gasteiger partial charge in [-0.1, -0.05) is 12.1 Å². The van der Waals surface area contributed by atoms with Crippen molar-refractivity contribution in [1.29, 1.82) is 5.26 Å². The second-order valence-electron chi connectivity index (χ2n) is 4.29. The van der Waals surface area contributed by atoms with Crippen LogP contribution in [0.2, 0.25) is 0 Å². The molecule has 0 heterocycles. The lowest BCUT2D eigenvalue weighted by molar-refractivity contribution is 0.104. The van der Waals surface area contributed by atoms with Gasteiger partial charge in [0.25, 0.3) is 0 Å². The molecule has 4 heteroatoms. The Bertz CT molecular complexity index is 474. The Balaban J connectivity index is 2.36. The van der Waals surface area contributed by atoms with Gasteiger partial charge in [0.05, 0.1) is 5.56 Å². The van der Waals surface area contributed by atoms with Crippen LogP contribution in [0.1, 0.15) is 18.9 Å². The monoisotopic (exact) mass is 258 g/mol. The van der Waals surface area contributed by atoms with Crippen LogP contribution < -0.4 is 10.1 Å². The molecule has 2 atom stereocenters. The summed E-state index contributed by atoms with van der Waals surface area (Å²) in [7, 11) is 0. The van der Waals surface area contributed by atoms with Crippen molar-refractivity contribution in [1.82, 2.24) is 5.32 Å². The first-order valence-corrected chi connectivity index (χ1v) is 6.14. The third-order valence-electron chi connectivity index (χ3n) is 2.56. The molecule has 19 heavy (non-hydrogen) atoms. The summed E-state index contributed by atoms with van der Waals surface area (Å²) in [5.41, 5.74) is 0.461. The molecule has 0 aromatic heterocycles. The molecular formula is C15H18N2O2. The molecule has 2 unspecified atom stereocenters. The average Bonchev–Trinajstić information content (AvgIpc) is 2.43. The molecule has 100 valence electrons. The maximum Gasteiger partial charge on any atom is 0.137 e. The highest BCUT2D eigenvalue weighted by atomic mass is 16.5. The van der Waals surface area contributed by atoms with Crippen molar-refractivity contribution in [2.24, 2.45) is 0 Å². The standard InChI is InChI=1S/C15H18N2O2/c1-3-6-12(2)17-10-14(18)11-19-15-8-5-4-7-13(15)9-16/h1,4-5,7-8,12,14,17-18H,6,10-11H2,2H3. The van der Waals surface area contributed by atoms with Gasteiger partial charge in [-0.3, -0.25) is 0 Å². The molecule has 1 aromatic rings. The van der Waals surface area contributed by atoms with Crippen molar-refractivity contribution < 1.29 is 9.84 Å². The van der Waals surface area contributed by atoms with E-state index in [9.17, 15) is 5.11 Å². The number of ether oxygens (including phenoxy) is 1. The number of terminal acetylenes is 1. The van der Waals surface area contributed by atoms with Gasteiger partial charge in [0.15, 0.2) is 0 Å². The fraction of sp³-hybridized carbons (Fsp3) is 0.400. The second kappa shape index (κ2) is 8.16. The van der Waals surface area contributed by atoms with Crippen LogP contribution in [-0.2, 0) is 0 Å². The van der Waals surface area contributed by atoms with Gasteiger partial charge in [-0.15, -0.1) is 12.3 Å². The second-order valence-corrected chi connectivity index (χ2v) is 4.29. The zero-order valence-corrected chi connectivity index (χ0v) is 11.0. The smallest absolute Gasteiger partial charge is 0.137 e. The summed E-state index contributed by atoms with van der Waals surface area (Å²) in [6.07, 6.45) is 5.16. The number of hydrogen-bond donors (Lipinski definition) is 2. The van der Waals surface area contributed by atoms with Crippen LogP contribution in [0, 0.1) is 23.7 Å². The number of rotatable bonds is 7. The van der Waals surface area contributed by atoms with Crippen molar-refractivity contribution >= 4 is 0 Å². The highest BCUT2D eigenvalue weighted by Gasteiger charge is 2.09. The van der Waals surface area contributed by atoms with Crippen LogP contribution in [0.3, 0.4) is 0 Å². The van der Waals surface area contributed by atoms with Crippen LogP contribution in [-0.4, -0.2) is 30.4 Å². The van der Waals surface area contributed by atoms with Crippen molar-refractivity contribution in [3.63, 3.8) is 0 Å². The van der Waals surface area contributed by atoms with Gasteiger partial charge < -0.3 is 15.2 Å². The zero-order chi connectivity index (χ0) is 14.1. The van der Waals surface area contributed by atoms with Crippen molar-refractivity contribution in [3.8, 4) is 24.2 Å². The average molecular weight is 258 g/mol. The Morgan fingerprint density at radius 1 is 1.47 bits per heavy atom. The number of para-hydroxylation sites is 1. The molecule has 1 rings (SSSR count). The number of aliphatic hydroxyl groups excluding tert-OH is 1. The predicted octanol–water partition coefficient (Wildman–Crippen LogP) is 1.30. The van der Waals surface area contributed by atoms with Crippen LogP contribution in [0.5, 0.6) is 5.75 Å². The van der Waals surface area contributed by atoms with Crippen molar-refractivity contribution in [2.75, 3.05) is 13.2 Å². The summed E-state index contributed by atoms with van der Waals surface area (Å²) >= 11 is 0. The summed E-state index contributed by atoms with van der Waals surface area (Å²) in [5.74, 6) is 3.04. The van der Waals surface area contributed by atoms with Gasteiger partial charge in [0.2, 0.25) is 0 Å². The molecular weight excluding hydrogens is 240 g/mol. The van der Waals surface area contributed by atoms with E-state index in [-0.39, 0.29) is 12.6 Å². The van der Waals surface area contributed by atoms with Crippen LogP contribution in [0.25, 0.3) is 0 Å². The van der Waals surface area contributed by atoms with Gasteiger partial charge >= 0.3 is 0 Å². The Morgan fingerprint density at radius 3 is 2.89 bits per heavy atom. The summed E-state index contributed by atoms with van der Waals surface area (Å²) in [6, 6.07) is 9.14. The Morgan fingerprint density at radius 2 is 2.21 bits per heavy atom. The van der Waals surface area contributed by atoms with Gasteiger partial charge in [-0.05, 0) is 19.1 Å². The molecule has 1 aromatic carbocycles. The zero-order valence-electron chi connectivity index (χ0n) is 11.0. The van der Waals surface area contributed by atoms with Gasteiger partial charge in [-0.2, -0.15) is 5.26 Å². The molecule has 0 radical (unpaired) electrons. The van der Waals surface area contributed by atoms with E-state index in [1.165, 1.54) is 0 Å². The number of nitrogens with one attached hydrogen (secondary N) is 1. The molecule has 2 N–H and O–H groups in total. The predicted molar refractivity (Wildman–Crippen MR) is 73.6 cm³/mol. The third kappa shape index (κ3) is 5.44. The molecule has 0 aliphatic carbocycles. The SMILES string of the molecule is C#CCC(C)NCC(O)COc1ccccc1C#N. The quantitative estimate of drug-likeness (QED) is 0.723. The topological polar surface area (TPSA) is 65.3 Å². The molecule has 0 spiro atoms. The highest BCUT2D eigenvalue weighted by Crippen LogP contribution is 2.16. The van der Waals surface area contributed by atoms with Crippen molar-refractivity contribution in [2.45, 2.75) is 25.5 Å². The molecule has 4 nitrogen and oxygen atoms in total. The molecule has 0 fully saturated rings. The van der Waals surface area contributed by atoms with Crippen LogP contribution >= 0.6 is 0 Å². The number of aliphatic hydroxyl groups is 1. The van der Waals surface area contributed by atoms with Gasteiger partial charge in [0.1, 0.15) is 24.5 Å². The molecule has 0 saturated carbocycles. The summed E-state index contributed by atoms with van der Waals surface area (Å²) in [6.45, 7) is 2.49. The molecule has 0 bridgehead atoms.